The number of alkyl halides is 1. The molecular weight excluding hydrogens is 852 g/mol. The van der Waals surface area contributed by atoms with Crippen LogP contribution >= 0.6 is 11.6 Å². The lowest BCUT2D eigenvalue weighted by Crippen LogP contribution is -2.67. The van der Waals surface area contributed by atoms with Crippen LogP contribution in [0.25, 0.3) is 0 Å². The third-order valence-electron chi connectivity index (χ3n) is 15.4. The average molecular weight is 908 g/mol. The summed E-state index contributed by atoms with van der Waals surface area (Å²) in [5, 5.41) is 18.0. The highest BCUT2D eigenvalue weighted by atomic mass is 35.5. The van der Waals surface area contributed by atoms with Crippen molar-refractivity contribution in [2.75, 3.05) is 0 Å². The van der Waals surface area contributed by atoms with Crippen LogP contribution in [0.1, 0.15) is 70.6 Å². The second-order valence-electron chi connectivity index (χ2n) is 18.1. The summed E-state index contributed by atoms with van der Waals surface area (Å²) in [6, 6.07) is 0. The summed E-state index contributed by atoms with van der Waals surface area (Å²) in [5.41, 5.74) is 0. The molecule has 8 bridgehead atoms. The molecule has 12 N–H and O–H groups in total. The van der Waals surface area contributed by atoms with Crippen LogP contribution in [0.2, 0.25) is 0 Å². The number of nitrogens with one attached hydrogen (secondary N) is 8. The van der Waals surface area contributed by atoms with Gasteiger partial charge in [-0.25, -0.2) is 0 Å². The van der Waals surface area contributed by atoms with Gasteiger partial charge < -0.3 is 0 Å². The third-order valence-corrected chi connectivity index (χ3v) is 21.7. The van der Waals surface area contributed by atoms with E-state index in [2.05, 4.69) is 42.5 Å². The van der Waals surface area contributed by atoms with Crippen LogP contribution in [-0.4, -0.2) is 128 Å². The van der Waals surface area contributed by atoms with Crippen LogP contribution in [0.4, 0.5) is 0 Å². The number of rotatable bonds is 4. The highest BCUT2D eigenvalue weighted by Gasteiger charge is 2.69. The normalized spacial score (nSPS) is 51.7. The summed E-state index contributed by atoms with van der Waals surface area (Å²) < 4.78 is 147. The Morgan fingerprint density at radius 1 is 0.351 bits per heavy atom. The van der Waals surface area contributed by atoms with Crippen LogP contribution in [-0.2, 0) is 40.5 Å². The van der Waals surface area contributed by atoms with Crippen molar-refractivity contribution < 1.29 is 51.9 Å². The van der Waals surface area contributed by atoms with Crippen molar-refractivity contribution in [3.8, 4) is 0 Å². The molecule has 57 heavy (non-hydrogen) atoms. The maximum atomic E-state index is 13.4. The van der Waals surface area contributed by atoms with E-state index in [4.69, 9.17) is 11.6 Å². The fraction of sp³-hybridized carbons (Fsp3) is 1.00. The molecule has 0 aromatic carbocycles. The van der Waals surface area contributed by atoms with Gasteiger partial charge in [0.2, 0.25) is 0 Å². The van der Waals surface area contributed by atoms with Crippen molar-refractivity contribution >= 4 is 52.1 Å². The predicted octanol–water partition coefficient (Wildman–Crippen LogP) is -1.71. The molecule has 5 aliphatic heterocycles. The van der Waals surface area contributed by atoms with E-state index in [1.54, 1.807) is 0 Å². The van der Waals surface area contributed by atoms with E-state index >= 15 is 0 Å². The molecule has 326 valence electrons. The number of hydrogen-bond donors (Lipinski definition) is 12. The van der Waals surface area contributed by atoms with Crippen LogP contribution in [0.3, 0.4) is 0 Å². The fourth-order valence-electron chi connectivity index (χ4n) is 13.4. The van der Waals surface area contributed by atoms with Gasteiger partial charge in [-0.3, -0.25) is 60.7 Å². The van der Waals surface area contributed by atoms with Crippen LogP contribution in [0.15, 0.2) is 0 Å². The van der Waals surface area contributed by atoms with Crippen molar-refractivity contribution in [3.63, 3.8) is 0 Å². The van der Waals surface area contributed by atoms with Gasteiger partial charge >= 0.3 is 0 Å². The largest absolute Gasteiger partial charge is 0.286 e. The highest BCUT2D eigenvalue weighted by molar-refractivity contribution is 7.92. The Kier molecular flexibility index (Phi) is 10.9. The number of fused-ring (bicyclic) bond motifs is 20. The fourth-order valence-corrected chi connectivity index (χ4v) is 20.6. The molecule has 5 saturated heterocycles. The predicted molar refractivity (Wildman–Crippen MR) is 205 cm³/mol. The van der Waals surface area contributed by atoms with Crippen molar-refractivity contribution in [2.24, 2.45) is 47.3 Å². The summed E-state index contributed by atoms with van der Waals surface area (Å²) >= 11 is 6.94. The molecule has 4 saturated carbocycles. The Morgan fingerprint density at radius 2 is 0.684 bits per heavy atom. The zero-order valence-electron chi connectivity index (χ0n) is 31.0. The molecule has 0 radical (unpaired) electrons. The van der Waals surface area contributed by atoms with E-state index in [1.807, 2.05) is 0 Å². The van der Waals surface area contributed by atoms with Crippen molar-refractivity contribution in [3.05, 3.63) is 0 Å². The lowest BCUT2D eigenvalue weighted by molar-refractivity contribution is 0.167. The quantitative estimate of drug-likeness (QED) is 0.110. The Morgan fingerprint density at radius 3 is 1.09 bits per heavy atom. The molecule has 0 spiro atoms. The summed E-state index contributed by atoms with van der Waals surface area (Å²) in [6.07, 6.45) is 4.53. The van der Waals surface area contributed by atoms with E-state index < -0.39 is 115 Å². The van der Waals surface area contributed by atoms with Gasteiger partial charge in [0.05, 0.1) is 60.0 Å². The van der Waals surface area contributed by atoms with Crippen LogP contribution < -0.4 is 42.5 Å². The Balaban J connectivity index is 1.18. The topological polar surface area (TPSA) is 314 Å². The van der Waals surface area contributed by atoms with Crippen molar-refractivity contribution in [1.82, 2.24) is 42.5 Å². The minimum Gasteiger partial charge on any atom is -0.286 e. The van der Waals surface area contributed by atoms with Gasteiger partial charge in [0.25, 0.3) is 40.5 Å². The minimum atomic E-state index is -5.65. The monoisotopic (exact) mass is 906 g/mol. The lowest BCUT2D eigenvalue weighted by atomic mass is 9.75. The molecule has 21 unspecified atom stereocenters. The average Bonchev–Trinajstić information content (AvgIpc) is 3.85. The molecule has 5 heterocycles. The second-order valence-corrected chi connectivity index (χ2v) is 25.0. The number of halogens is 1. The van der Waals surface area contributed by atoms with Gasteiger partial charge in [-0.1, -0.05) is 32.1 Å². The molecule has 9 rings (SSSR count). The molecule has 21 atom stereocenters. The Hall–Kier alpha value is -0.390. The maximum absolute atomic E-state index is 13.4. The van der Waals surface area contributed by atoms with Crippen molar-refractivity contribution in [2.45, 2.75) is 146 Å². The zero-order chi connectivity index (χ0) is 40.6. The molecule has 9 aliphatic rings. The molecule has 0 amide bonds. The highest BCUT2D eigenvalue weighted by Crippen LogP contribution is 2.50. The molecule has 20 nitrogen and oxygen atoms in total. The lowest BCUT2D eigenvalue weighted by Gasteiger charge is -2.46. The standard InChI is InChI=1S/C32H55ClN8O12S4/c33-21-19-20(22(55(45,46)47)24(57(51,52)53)23(21)56(48,49)50)32-40-30-18-16(10-5-11-17(18)54(42,43)44)29(39-30)37-27-13-7-2-1-6-12(13)25(35-27)34-26-14-8-3-4-9-15(14)28(36-26)38-31(19)41-32/h12-32,34-41H,1-11H2,(H,42,43,44)(H,45,46,47)(H,48,49,50)(H,51,52,53). The van der Waals surface area contributed by atoms with Crippen molar-refractivity contribution in [1.29, 1.82) is 0 Å². The molecular formula is C32H55ClN8O12S4. The summed E-state index contributed by atoms with van der Waals surface area (Å²) in [7, 11) is -21.3. The molecule has 25 heteroatoms. The molecule has 4 aliphatic carbocycles. The van der Waals surface area contributed by atoms with Crippen LogP contribution in [0, 0.1) is 47.3 Å². The molecule has 9 fully saturated rings. The van der Waals surface area contributed by atoms with E-state index in [0.29, 0.717) is 18.8 Å². The van der Waals surface area contributed by atoms with E-state index in [9.17, 15) is 51.9 Å². The Bertz CT molecular complexity index is 2020. The number of hydrogen-bond acceptors (Lipinski definition) is 16. The van der Waals surface area contributed by atoms with Gasteiger partial charge in [0.1, 0.15) is 15.7 Å². The van der Waals surface area contributed by atoms with Gasteiger partial charge in [-0.2, -0.15) is 33.7 Å². The SMILES string of the molecule is O=S(=O)(O)C1CCCC2C3NC4NC(NC5NC(NC6NC(NC(N3)C21)C1C6C(Cl)C(S(=O)(=O)O)C(S(=O)(=O)O)C1S(=O)(=O)O)C1CCCCC51)C1CCCCC41. The summed E-state index contributed by atoms with van der Waals surface area (Å²) in [4.78, 5) is 0. The van der Waals surface area contributed by atoms with Gasteiger partial charge in [-0.05, 0) is 68.1 Å². The first-order valence-corrected chi connectivity index (χ1v) is 26.7. The first-order valence-electron chi connectivity index (χ1n) is 20.3. The van der Waals surface area contributed by atoms with Crippen LogP contribution in [0.5, 0.6) is 0 Å². The van der Waals surface area contributed by atoms with E-state index in [0.717, 1.165) is 51.4 Å². The first-order chi connectivity index (χ1) is 26.7. The Labute approximate surface area is 338 Å². The molecule has 0 aromatic heterocycles. The third kappa shape index (κ3) is 7.34. The van der Waals surface area contributed by atoms with Gasteiger partial charge in [-0.15, -0.1) is 11.6 Å². The summed E-state index contributed by atoms with van der Waals surface area (Å²) in [6.45, 7) is 0. The first kappa shape index (κ1) is 41.9. The minimum absolute atomic E-state index is 0.0603. The van der Waals surface area contributed by atoms with E-state index in [1.165, 1.54) is 0 Å². The maximum Gasteiger partial charge on any atom is 0.270 e. The zero-order valence-corrected chi connectivity index (χ0v) is 35.0. The van der Waals surface area contributed by atoms with Gasteiger partial charge in [0, 0.05) is 17.8 Å². The summed E-state index contributed by atoms with van der Waals surface area (Å²) in [5.74, 6) is -3.19. The van der Waals surface area contributed by atoms with Gasteiger partial charge in [0.15, 0.2) is 0 Å². The molecule has 0 aromatic rings. The van der Waals surface area contributed by atoms with E-state index in [-0.39, 0.29) is 48.6 Å². The smallest absolute Gasteiger partial charge is 0.270 e. The second kappa shape index (κ2) is 14.9.